The number of hydrogen-bond acceptors (Lipinski definition) is 3. The van der Waals surface area contributed by atoms with Gasteiger partial charge in [-0.3, -0.25) is 0 Å². The Bertz CT molecular complexity index is 166. The number of alkyl halides is 2. The van der Waals surface area contributed by atoms with E-state index in [9.17, 15) is 8.78 Å². The lowest BCUT2D eigenvalue weighted by molar-refractivity contribution is 0.0201. The third kappa shape index (κ3) is 3.54. The van der Waals surface area contributed by atoms with E-state index in [-0.39, 0.29) is 25.6 Å². The topological polar surface area (TPSA) is 35.5 Å². The first-order valence-electron chi connectivity index (χ1n) is 4.44. The number of rotatable bonds is 4. The summed E-state index contributed by atoms with van der Waals surface area (Å²) in [5.41, 5.74) is 0. The molecule has 1 heterocycles. The molecule has 0 saturated carbocycles. The standard InChI is InChI=1S/C8H16F2N2O/c1-12(2-3-13)5-7-4-8(9,10)6-11-7/h7,11,13H,2-6H2,1H3. The highest BCUT2D eigenvalue weighted by molar-refractivity contribution is 4.88. The summed E-state index contributed by atoms with van der Waals surface area (Å²) >= 11 is 0. The van der Waals surface area contributed by atoms with Crippen LogP contribution in [0.25, 0.3) is 0 Å². The monoisotopic (exact) mass is 194 g/mol. The number of nitrogens with zero attached hydrogens (tertiary/aromatic N) is 1. The molecule has 1 fully saturated rings. The second kappa shape index (κ2) is 4.30. The minimum Gasteiger partial charge on any atom is -0.395 e. The molecule has 0 spiro atoms. The molecule has 0 bridgehead atoms. The maximum atomic E-state index is 12.7. The number of nitrogens with one attached hydrogen (secondary N) is 1. The van der Waals surface area contributed by atoms with Crippen molar-refractivity contribution in [2.45, 2.75) is 18.4 Å². The van der Waals surface area contributed by atoms with Gasteiger partial charge in [-0.25, -0.2) is 8.78 Å². The first-order valence-corrected chi connectivity index (χ1v) is 4.44. The van der Waals surface area contributed by atoms with Gasteiger partial charge in [0.05, 0.1) is 13.2 Å². The predicted octanol–water partition coefficient (Wildman–Crippen LogP) is -0.0923. The van der Waals surface area contributed by atoms with Crippen LogP contribution in [0.1, 0.15) is 6.42 Å². The number of aliphatic hydroxyl groups excluding tert-OH is 1. The highest BCUT2D eigenvalue weighted by Gasteiger charge is 2.39. The van der Waals surface area contributed by atoms with Crippen molar-refractivity contribution in [1.82, 2.24) is 10.2 Å². The van der Waals surface area contributed by atoms with Crippen molar-refractivity contribution in [2.24, 2.45) is 0 Å². The van der Waals surface area contributed by atoms with Crippen LogP contribution in [0.4, 0.5) is 8.78 Å². The van der Waals surface area contributed by atoms with Crippen LogP contribution in [0.2, 0.25) is 0 Å². The highest BCUT2D eigenvalue weighted by atomic mass is 19.3. The van der Waals surface area contributed by atoms with Crippen molar-refractivity contribution in [2.75, 3.05) is 33.3 Å². The average Bonchev–Trinajstić information content (AvgIpc) is 2.30. The van der Waals surface area contributed by atoms with Crippen LogP contribution in [-0.2, 0) is 0 Å². The zero-order valence-electron chi connectivity index (χ0n) is 7.76. The van der Waals surface area contributed by atoms with Crippen LogP contribution < -0.4 is 5.32 Å². The average molecular weight is 194 g/mol. The SMILES string of the molecule is CN(CCO)CC1CC(F)(F)CN1. The van der Waals surface area contributed by atoms with Crippen LogP contribution in [0.3, 0.4) is 0 Å². The summed E-state index contributed by atoms with van der Waals surface area (Å²) in [5.74, 6) is -2.55. The number of aliphatic hydroxyl groups is 1. The van der Waals surface area contributed by atoms with Crippen LogP contribution in [0, 0.1) is 0 Å². The molecule has 1 saturated heterocycles. The first kappa shape index (κ1) is 10.8. The summed E-state index contributed by atoms with van der Waals surface area (Å²) in [5, 5.41) is 11.4. The van der Waals surface area contributed by atoms with Crippen molar-refractivity contribution in [1.29, 1.82) is 0 Å². The van der Waals surface area contributed by atoms with Gasteiger partial charge in [0, 0.05) is 25.6 Å². The molecule has 1 rings (SSSR count). The Hall–Kier alpha value is -0.260. The van der Waals surface area contributed by atoms with E-state index >= 15 is 0 Å². The molecule has 0 amide bonds. The molecular weight excluding hydrogens is 178 g/mol. The van der Waals surface area contributed by atoms with Crippen LogP contribution >= 0.6 is 0 Å². The molecule has 0 aliphatic carbocycles. The first-order chi connectivity index (χ1) is 6.03. The fourth-order valence-electron chi connectivity index (χ4n) is 1.57. The van der Waals surface area contributed by atoms with Crippen molar-refractivity contribution >= 4 is 0 Å². The smallest absolute Gasteiger partial charge is 0.261 e. The van der Waals surface area contributed by atoms with Gasteiger partial charge < -0.3 is 15.3 Å². The summed E-state index contributed by atoms with van der Waals surface area (Å²) < 4.78 is 25.4. The Morgan fingerprint density at radius 3 is 2.77 bits per heavy atom. The van der Waals surface area contributed by atoms with E-state index in [0.717, 1.165) is 0 Å². The Balaban J connectivity index is 2.24. The zero-order chi connectivity index (χ0) is 9.90. The normalized spacial score (nSPS) is 27.0. The second-order valence-electron chi connectivity index (χ2n) is 3.62. The third-order valence-electron chi connectivity index (χ3n) is 2.21. The van der Waals surface area contributed by atoms with E-state index < -0.39 is 5.92 Å². The number of hydrogen-bond donors (Lipinski definition) is 2. The van der Waals surface area contributed by atoms with Gasteiger partial charge in [0.15, 0.2) is 0 Å². The lowest BCUT2D eigenvalue weighted by Gasteiger charge is -2.19. The zero-order valence-corrected chi connectivity index (χ0v) is 7.76. The van der Waals surface area contributed by atoms with Gasteiger partial charge in [-0.2, -0.15) is 0 Å². The molecular formula is C8H16F2N2O. The lowest BCUT2D eigenvalue weighted by Crippen LogP contribution is -2.36. The fourth-order valence-corrected chi connectivity index (χ4v) is 1.57. The van der Waals surface area contributed by atoms with Crippen LogP contribution in [0.5, 0.6) is 0 Å². The second-order valence-corrected chi connectivity index (χ2v) is 3.62. The summed E-state index contributed by atoms with van der Waals surface area (Å²) in [6.07, 6.45) is -0.0945. The molecule has 1 aliphatic rings. The van der Waals surface area contributed by atoms with Crippen LogP contribution in [-0.4, -0.2) is 55.3 Å². The van der Waals surface area contributed by atoms with Gasteiger partial charge in [0.1, 0.15) is 0 Å². The van der Waals surface area contributed by atoms with E-state index in [2.05, 4.69) is 5.32 Å². The molecule has 2 N–H and O–H groups in total. The molecule has 13 heavy (non-hydrogen) atoms. The van der Waals surface area contributed by atoms with E-state index in [1.165, 1.54) is 0 Å². The molecule has 0 aromatic carbocycles. The van der Waals surface area contributed by atoms with Crippen molar-refractivity contribution in [3.05, 3.63) is 0 Å². The Morgan fingerprint density at radius 1 is 1.62 bits per heavy atom. The quantitative estimate of drug-likeness (QED) is 0.656. The van der Waals surface area contributed by atoms with E-state index in [4.69, 9.17) is 5.11 Å². The number of halogens is 2. The fraction of sp³-hybridized carbons (Fsp3) is 1.00. The molecule has 3 nitrogen and oxygen atoms in total. The summed E-state index contributed by atoms with van der Waals surface area (Å²) in [4.78, 5) is 1.85. The summed E-state index contributed by atoms with van der Waals surface area (Å²) in [6, 6.07) is -0.147. The van der Waals surface area contributed by atoms with Gasteiger partial charge in [-0.05, 0) is 7.05 Å². The van der Waals surface area contributed by atoms with Gasteiger partial charge >= 0.3 is 0 Å². The van der Waals surface area contributed by atoms with Gasteiger partial charge in [0.2, 0.25) is 0 Å². The Kier molecular flexibility index (Phi) is 3.58. The summed E-state index contributed by atoms with van der Waals surface area (Å²) in [7, 11) is 1.81. The minimum absolute atomic E-state index is 0.0691. The summed E-state index contributed by atoms with van der Waals surface area (Å²) in [6.45, 7) is 0.949. The molecule has 0 aromatic rings. The van der Waals surface area contributed by atoms with Crippen LogP contribution in [0.15, 0.2) is 0 Å². The molecule has 78 valence electrons. The third-order valence-corrected chi connectivity index (χ3v) is 2.21. The van der Waals surface area contributed by atoms with Crippen molar-refractivity contribution in [3.8, 4) is 0 Å². The maximum Gasteiger partial charge on any atom is 0.261 e. The van der Waals surface area contributed by atoms with E-state index in [0.29, 0.717) is 13.1 Å². The Labute approximate surface area is 76.7 Å². The molecule has 5 heteroatoms. The minimum atomic E-state index is -2.55. The Morgan fingerprint density at radius 2 is 2.31 bits per heavy atom. The lowest BCUT2D eigenvalue weighted by atomic mass is 10.2. The van der Waals surface area contributed by atoms with Gasteiger partial charge in [0.25, 0.3) is 5.92 Å². The van der Waals surface area contributed by atoms with Crippen molar-refractivity contribution < 1.29 is 13.9 Å². The molecule has 1 unspecified atom stereocenters. The molecule has 0 aromatic heterocycles. The van der Waals surface area contributed by atoms with E-state index in [1.54, 1.807) is 0 Å². The number of likely N-dealkylation sites (N-methyl/N-ethyl adjacent to an activating group) is 1. The van der Waals surface area contributed by atoms with E-state index in [1.807, 2.05) is 11.9 Å². The largest absolute Gasteiger partial charge is 0.395 e. The maximum absolute atomic E-state index is 12.7. The highest BCUT2D eigenvalue weighted by Crippen LogP contribution is 2.25. The molecule has 1 atom stereocenters. The van der Waals surface area contributed by atoms with Gasteiger partial charge in [-0.15, -0.1) is 0 Å². The van der Waals surface area contributed by atoms with Gasteiger partial charge in [-0.1, -0.05) is 0 Å². The molecule has 0 radical (unpaired) electrons. The van der Waals surface area contributed by atoms with Crippen molar-refractivity contribution in [3.63, 3.8) is 0 Å². The predicted molar refractivity (Wildman–Crippen MR) is 45.9 cm³/mol. The molecule has 1 aliphatic heterocycles.